The fourth-order valence-corrected chi connectivity index (χ4v) is 2.04. The summed E-state index contributed by atoms with van der Waals surface area (Å²) in [7, 11) is 0. The summed E-state index contributed by atoms with van der Waals surface area (Å²) < 4.78 is 4.87. The Morgan fingerprint density at radius 3 is 2.32 bits per heavy atom. The molecule has 1 rings (SSSR count). The maximum atomic E-state index is 11.3. The first-order chi connectivity index (χ1) is 9.13. The van der Waals surface area contributed by atoms with Crippen molar-refractivity contribution in [1.29, 1.82) is 0 Å². The van der Waals surface area contributed by atoms with E-state index in [0.717, 1.165) is 5.56 Å². The van der Waals surface area contributed by atoms with Gasteiger partial charge in [0, 0.05) is 5.92 Å². The van der Waals surface area contributed by atoms with Crippen LogP contribution < -0.4 is 0 Å². The van der Waals surface area contributed by atoms with Crippen molar-refractivity contribution in [3.63, 3.8) is 0 Å². The molecule has 0 bridgehead atoms. The molecule has 0 heterocycles. The van der Waals surface area contributed by atoms with Crippen molar-refractivity contribution in [3.8, 4) is 0 Å². The number of rotatable bonds is 7. The van der Waals surface area contributed by atoms with Gasteiger partial charge in [-0.2, -0.15) is 0 Å². The largest absolute Gasteiger partial charge is 0.441 e. The monoisotopic (exact) mass is 264 g/mol. The molecule has 0 radical (unpaired) electrons. The lowest BCUT2D eigenvalue weighted by atomic mass is 9.82. The first kappa shape index (κ1) is 15.0. The van der Waals surface area contributed by atoms with Crippen molar-refractivity contribution in [1.82, 2.24) is 0 Å². The van der Waals surface area contributed by atoms with Gasteiger partial charge < -0.3 is 9.84 Å². The second kappa shape index (κ2) is 6.80. The molecule has 0 saturated heterocycles. The fourth-order valence-electron chi connectivity index (χ4n) is 2.04. The normalized spacial score (nSPS) is 12.5. The Morgan fingerprint density at radius 2 is 1.89 bits per heavy atom. The molecule has 5 heteroatoms. The zero-order valence-corrected chi connectivity index (χ0v) is 10.6. The number of carbonyl (C=O) groups is 3. The average Bonchev–Trinajstić information content (AvgIpc) is 2.47. The molecule has 1 aromatic carbocycles. The molecule has 0 amide bonds. The number of ether oxygens (including phenoxy) is 1. The highest BCUT2D eigenvalue weighted by atomic mass is 16.6. The van der Waals surface area contributed by atoms with Crippen LogP contribution in [0.5, 0.6) is 0 Å². The van der Waals surface area contributed by atoms with Crippen LogP contribution in [0.1, 0.15) is 24.8 Å². The minimum absolute atomic E-state index is 0.314. The van der Waals surface area contributed by atoms with Crippen LogP contribution in [0.25, 0.3) is 0 Å². The van der Waals surface area contributed by atoms with Gasteiger partial charge in [-0.3, -0.25) is 9.59 Å². The predicted molar refractivity (Wildman–Crippen MR) is 67.5 cm³/mol. The van der Waals surface area contributed by atoms with E-state index >= 15 is 0 Å². The van der Waals surface area contributed by atoms with Crippen LogP contribution in [0.3, 0.4) is 0 Å². The first-order valence-electron chi connectivity index (χ1n) is 5.93. The van der Waals surface area contributed by atoms with Crippen molar-refractivity contribution in [2.24, 2.45) is 0 Å². The Kier molecular flexibility index (Phi) is 5.38. The molecule has 0 aliphatic carbocycles. The van der Waals surface area contributed by atoms with Crippen LogP contribution in [-0.2, 0) is 19.1 Å². The third-order valence-corrected chi connectivity index (χ3v) is 2.94. The highest BCUT2D eigenvalue weighted by molar-refractivity contribution is 5.92. The van der Waals surface area contributed by atoms with E-state index in [0.29, 0.717) is 19.0 Å². The summed E-state index contributed by atoms with van der Waals surface area (Å²) in [5, 5.41) is 8.71. The van der Waals surface area contributed by atoms with E-state index in [9.17, 15) is 14.4 Å². The van der Waals surface area contributed by atoms with Gasteiger partial charge in [0.05, 0.1) is 0 Å². The number of aliphatic hydroxyl groups excluding tert-OH is 1. The number of aldehydes is 2. The van der Waals surface area contributed by atoms with Gasteiger partial charge in [0.1, 0.15) is 6.61 Å². The van der Waals surface area contributed by atoms with Gasteiger partial charge in [-0.25, -0.2) is 4.79 Å². The molecule has 19 heavy (non-hydrogen) atoms. The Labute approximate surface area is 111 Å². The van der Waals surface area contributed by atoms with E-state index in [1.165, 1.54) is 0 Å². The molecule has 0 aliphatic rings. The minimum atomic E-state index is -1.89. The lowest BCUT2D eigenvalue weighted by Gasteiger charge is -2.30. The Balaban J connectivity index is 3.18. The molecular weight excluding hydrogens is 248 g/mol. The van der Waals surface area contributed by atoms with E-state index in [2.05, 4.69) is 0 Å². The highest BCUT2D eigenvalue weighted by Gasteiger charge is 2.42. The second-order valence-corrected chi connectivity index (χ2v) is 4.09. The van der Waals surface area contributed by atoms with Gasteiger partial charge in [-0.1, -0.05) is 37.3 Å². The van der Waals surface area contributed by atoms with Crippen LogP contribution in [0, 0.1) is 0 Å². The predicted octanol–water partition coefficient (Wildman–Crippen LogP) is 0.852. The van der Waals surface area contributed by atoms with Gasteiger partial charge in [-0.15, -0.1) is 0 Å². The summed E-state index contributed by atoms with van der Waals surface area (Å²) in [6.45, 7) is 0.904. The third-order valence-electron chi connectivity index (χ3n) is 2.94. The number of hydrogen-bond acceptors (Lipinski definition) is 5. The van der Waals surface area contributed by atoms with Crippen LogP contribution in [0.4, 0.5) is 0 Å². The molecule has 1 aromatic rings. The summed E-state index contributed by atoms with van der Waals surface area (Å²) in [6.07, 6.45) is 1.06. The molecule has 1 atom stereocenters. The minimum Gasteiger partial charge on any atom is -0.441 e. The topological polar surface area (TPSA) is 80.7 Å². The quantitative estimate of drug-likeness (QED) is 0.448. The number of hydrogen-bond donors (Lipinski definition) is 1. The smallest absolute Gasteiger partial charge is 0.333 e. The summed E-state index contributed by atoms with van der Waals surface area (Å²) >= 11 is 0. The van der Waals surface area contributed by atoms with Crippen LogP contribution >= 0.6 is 0 Å². The van der Waals surface area contributed by atoms with Crippen LogP contribution in [0.2, 0.25) is 0 Å². The molecule has 0 saturated carbocycles. The molecule has 0 fully saturated rings. The summed E-state index contributed by atoms with van der Waals surface area (Å²) in [4.78, 5) is 33.8. The summed E-state index contributed by atoms with van der Waals surface area (Å²) in [5.74, 6) is -1.59. The van der Waals surface area contributed by atoms with E-state index in [1.807, 2.05) is 0 Å². The van der Waals surface area contributed by atoms with E-state index in [-0.39, 0.29) is 0 Å². The number of carbonyl (C=O) groups excluding carboxylic acids is 3. The first-order valence-corrected chi connectivity index (χ1v) is 5.93. The van der Waals surface area contributed by atoms with Gasteiger partial charge >= 0.3 is 5.97 Å². The summed E-state index contributed by atoms with van der Waals surface area (Å²) in [5.41, 5.74) is -1.18. The SMILES string of the molecule is CCC(c1ccccc1)C(C=O)(C=O)OC(=O)CO. The summed E-state index contributed by atoms with van der Waals surface area (Å²) in [6, 6.07) is 8.85. The van der Waals surface area contributed by atoms with Crippen molar-refractivity contribution < 1.29 is 24.2 Å². The zero-order chi connectivity index (χ0) is 14.3. The van der Waals surface area contributed by atoms with Crippen LogP contribution in [0.15, 0.2) is 30.3 Å². The molecule has 102 valence electrons. The number of esters is 1. The van der Waals surface area contributed by atoms with Gasteiger partial charge in [0.25, 0.3) is 0 Å². The molecular formula is C14H16O5. The van der Waals surface area contributed by atoms with Crippen molar-refractivity contribution >= 4 is 18.5 Å². The van der Waals surface area contributed by atoms with Gasteiger partial charge in [0.15, 0.2) is 12.6 Å². The lowest BCUT2D eigenvalue weighted by Crippen LogP contribution is -2.45. The zero-order valence-electron chi connectivity index (χ0n) is 10.6. The maximum Gasteiger partial charge on any atom is 0.333 e. The molecule has 0 spiro atoms. The third kappa shape index (κ3) is 3.26. The van der Waals surface area contributed by atoms with E-state index in [1.54, 1.807) is 37.3 Å². The lowest BCUT2D eigenvalue weighted by molar-refractivity contribution is -0.169. The molecule has 1 unspecified atom stereocenters. The van der Waals surface area contributed by atoms with Crippen LogP contribution in [-0.4, -0.2) is 35.9 Å². The van der Waals surface area contributed by atoms with E-state index in [4.69, 9.17) is 9.84 Å². The molecule has 1 N–H and O–H groups in total. The Bertz CT molecular complexity index is 432. The standard InChI is InChI=1S/C14H16O5/c1-2-12(11-6-4-3-5-7-11)14(9-16,10-17)19-13(18)8-15/h3-7,9-10,12,15H,2,8H2,1H3. The van der Waals surface area contributed by atoms with Crippen molar-refractivity contribution in [2.45, 2.75) is 24.9 Å². The average molecular weight is 264 g/mol. The maximum absolute atomic E-state index is 11.3. The number of aliphatic hydroxyl groups is 1. The van der Waals surface area contributed by atoms with Crippen molar-refractivity contribution in [3.05, 3.63) is 35.9 Å². The number of benzene rings is 1. The van der Waals surface area contributed by atoms with Gasteiger partial charge in [-0.05, 0) is 12.0 Å². The molecule has 5 nitrogen and oxygen atoms in total. The molecule has 0 aromatic heterocycles. The Hall–Kier alpha value is -2.01. The highest BCUT2D eigenvalue weighted by Crippen LogP contribution is 2.32. The molecule has 0 aliphatic heterocycles. The second-order valence-electron chi connectivity index (χ2n) is 4.09. The van der Waals surface area contributed by atoms with Crippen molar-refractivity contribution in [2.75, 3.05) is 6.61 Å². The fraction of sp³-hybridized carbons (Fsp3) is 0.357. The van der Waals surface area contributed by atoms with Gasteiger partial charge in [0.2, 0.25) is 5.60 Å². The van der Waals surface area contributed by atoms with E-state index < -0.39 is 24.1 Å². The Morgan fingerprint density at radius 1 is 1.32 bits per heavy atom.